The first-order valence-electron chi connectivity index (χ1n) is 10.4. The number of esters is 1. The second-order valence-electron chi connectivity index (χ2n) is 7.69. The van der Waals surface area contributed by atoms with Gasteiger partial charge in [-0.25, -0.2) is 13.2 Å². The SMILES string of the molecule is COc1ccc(N(C(=O)c2ccccc2)C2CS(=O)(=O)CC2OC(=O)c2ccccc2)cc1. The Balaban J connectivity index is 1.72. The Hall–Kier alpha value is -3.65. The molecule has 1 saturated heterocycles. The second-order valence-corrected chi connectivity index (χ2v) is 9.85. The summed E-state index contributed by atoms with van der Waals surface area (Å²) < 4.78 is 36.1. The maximum Gasteiger partial charge on any atom is 0.338 e. The summed E-state index contributed by atoms with van der Waals surface area (Å²) >= 11 is 0. The van der Waals surface area contributed by atoms with Gasteiger partial charge in [-0.3, -0.25) is 4.79 Å². The van der Waals surface area contributed by atoms with Crippen molar-refractivity contribution in [1.82, 2.24) is 0 Å². The molecule has 170 valence electrons. The minimum Gasteiger partial charge on any atom is -0.497 e. The van der Waals surface area contributed by atoms with Gasteiger partial charge < -0.3 is 14.4 Å². The molecular weight excluding hydrogens is 442 g/mol. The molecule has 8 heteroatoms. The maximum atomic E-state index is 13.6. The zero-order valence-electron chi connectivity index (χ0n) is 18.0. The molecule has 3 aromatic rings. The second kappa shape index (κ2) is 9.46. The summed E-state index contributed by atoms with van der Waals surface area (Å²) in [7, 11) is -2.02. The van der Waals surface area contributed by atoms with E-state index in [1.807, 2.05) is 0 Å². The van der Waals surface area contributed by atoms with Crippen molar-refractivity contribution in [2.45, 2.75) is 12.1 Å². The predicted molar refractivity (Wildman–Crippen MR) is 124 cm³/mol. The van der Waals surface area contributed by atoms with Gasteiger partial charge >= 0.3 is 5.97 Å². The van der Waals surface area contributed by atoms with Gasteiger partial charge in [0, 0.05) is 11.3 Å². The van der Waals surface area contributed by atoms with Gasteiger partial charge in [0.05, 0.1) is 30.2 Å². The number of benzene rings is 3. The summed E-state index contributed by atoms with van der Waals surface area (Å²) in [5.41, 5.74) is 1.18. The zero-order chi connectivity index (χ0) is 23.4. The minimum absolute atomic E-state index is 0.311. The van der Waals surface area contributed by atoms with Crippen LogP contribution in [0, 0.1) is 0 Å². The average molecular weight is 466 g/mol. The van der Waals surface area contributed by atoms with Gasteiger partial charge in [0.25, 0.3) is 5.91 Å². The summed E-state index contributed by atoms with van der Waals surface area (Å²) in [4.78, 5) is 27.7. The zero-order valence-corrected chi connectivity index (χ0v) is 18.8. The van der Waals surface area contributed by atoms with E-state index in [1.54, 1.807) is 84.9 Å². The van der Waals surface area contributed by atoms with Gasteiger partial charge in [-0.2, -0.15) is 0 Å². The van der Waals surface area contributed by atoms with E-state index in [0.717, 1.165) is 0 Å². The van der Waals surface area contributed by atoms with Crippen LogP contribution in [0.5, 0.6) is 5.75 Å². The lowest BCUT2D eigenvalue weighted by molar-refractivity contribution is 0.0314. The molecule has 0 N–H and O–H groups in total. The monoisotopic (exact) mass is 465 g/mol. The molecular formula is C25H23NO6S. The van der Waals surface area contributed by atoms with Gasteiger partial charge in [0.2, 0.25) is 0 Å². The number of hydrogen-bond donors (Lipinski definition) is 0. The molecule has 0 bridgehead atoms. The summed E-state index contributed by atoms with van der Waals surface area (Å²) in [6, 6.07) is 22.8. The van der Waals surface area contributed by atoms with Crippen molar-refractivity contribution in [3.63, 3.8) is 0 Å². The molecule has 1 fully saturated rings. The highest BCUT2D eigenvalue weighted by Gasteiger charge is 2.46. The standard InChI is InChI=1S/C25H23NO6S/c1-31-21-14-12-20(13-15-21)26(24(27)18-8-4-2-5-9-18)22-16-33(29,30)17-23(22)32-25(28)19-10-6-3-7-11-19/h2-15,22-23H,16-17H2,1H3. The fraction of sp³-hybridized carbons (Fsp3) is 0.200. The van der Waals surface area contributed by atoms with Crippen molar-refractivity contribution in [3.05, 3.63) is 96.1 Å². The van der Waals surface area contributed by atoms with Crippen LogP contribution in [-0.2, 0) is 14.6 Å². The molecule has 0 radical (unpaired) electrons. The molecule has 0 aromatic heterocycles. The Morgan fingerprint density at radius 1 is 0.818 bits per heavy atom. The van der Waals surface area contributed by atoms with Crippen LogP contribution in [0.2, 0.25) is 0 Å². The first kappa shape index (κ1) is 22.5. The smallest absolute Gasteiger partial charge is 0.338 e. The van der Waals surface area contributed by atoms with Crippen LogP contribution in [0.4, 0.5) is 5.69 Å². The number of sulfone groups is 1. The lowest BCUT2D eigenvalue weighted by Crippen LogP contribution is -2.48. The van der Waals surface area contributed by atoms with E-state index in [2.05, 4.69) is 0 Å². The molecule has 2 unspecified atom stereocenters. The lowest BCUT2D eigenvalue weighted by atomic mass is 10.1. The van der Waals surface area contributed by atoms with Crippen LogP contribution in [0.3, 0.4) is 0 Å². The summed E-state index contributed by atoms with van der Waals surface area (Å²) in [5.74, 6) is -1.10. The highest BCUT2D eigenvalue weighted by Crippen LogP contribution is 2.30. The van der Waals surface area contributed by atoms with Gasteiger partial charge in [-0.15, -0.1) is 0 Å². The fourth-order valence-corrected chi connectivity index (χ4v) is 5.66. The summed E-state index contributed by atoms with van der Waals surface area (Å²) in [6.07, 6.45) is -1.02. The van der Waals surface area contributed by atoms with Crippen LogP contribution in [0.25, 0.3) is 0 Å². The molecule has 1 aliphatic heterocycles. The lowest BCUT2D eigenvalue weighted by Gasteiger charge is -2.32. The number of anilines is 1. The average Bonchev–Trinajstić information content (AvgIpc) is 3.14. The molecule has 4 rings (SSSR count). The Morgan fingerprint density at radius 3 is 1.97 bits per heavy atom. The highest BCUT2D eigenvalue weighted by molar-refractivity contribution is 7.91. The molecule has 0 spiro atoms. The molecule has 0 saturated carbocycles. The molecule has 1 heterocycles. The topological polar surface area (TPSA) is 90.0 Å². The third-order valence-electron chi connectivity index (χ3n) is 5.46. The van der Waals surface area contributed by atoms with Crippen LogP contribution < -0.4 is 9.64 Å². The molecule has 7 nitrogen and oxygen atoms in total. The van der Waals surface area contributed by atoms with Crippen molar-refractivity contribution in [3.8, 4) is 5.75 Å². The predicted octanol–water partition coefficient (Wildman–Crippen LogP) is 3.36. The Morgan fingerprint density at radius 2 is 1.39 bits per heavy atom. The molecule has 1 aliphatic rings. The number of carbonyl (C=O) groups excluding carboxylic acids is 2. The highest BCUT2D eigenvalue weighted by atomic mass is 32.2. The quantitative estimate of drug-likeness (QED) is 0.519. The van der Waals surface area contributed by atoms with E-state index < -0.39 is 28.0 Å². The Bertz CT molecular complexity index is 1230. The number of amides is 1. The van der Waals surface area contributed by atoms with Gasteiger partial charge in [0.1, 0.15) is 11.9 Å². The van der Waals surface area contributed by atoms with Crippen molar-refractivity contribution in [2.24, 2.45) is 0 Å². The molecule has 3 aromatic carbocycles. The molecule has 0 aliphatic carbocycles. The van der Waals surface area contributed by atoms with E-state index in [-0.39, 0.29) is 17.4 Å². The van der Waals surface area contributed by atoms with Crippen molar-refractivity contribution < 1.29 is 27.5 Å². The van der Waals surface area contributed by atoms with E-state index >= 15 is 0 Å². The number of rotatable bonds is 6. The third-order valence-corrected chi connectivity index (χ3v) is 7.15. The third kappa shape index (κ3) is 5.06. The van der Waals surface area contributed by atoms with Crippen molar-refractivity contribution in [2.75, 3.05) is 23.5 Å². The molecule has 2 atom stereocenters. The number of methoxy groups -OCH3 is 1. The van der Waals surface area contributed by atoms with Crippen LogP contribution in [0.15, 0.2) is 84.9 Å². The number of hydrogen-bond acceptors (Lipinski definition) is 6. The molecule has 33 heavy (non-hydrogen) atoms. The maximum absolute atomic E-state index is 13.6. The Kier molecular flexibility index (Phi) is 6.46. The Labute approximate surface area is 192 Å². The van der Waals surface area contributed by atoms with Crippen LogP contribution in [-0.4, -0.2) is 51.1 Å². The van der Waals surface area contributed by atoms with Crippen LogP contribution >= 0.6 is 0 Å². The van der Waals surface area contributed by atoms with Crippen molar-refractivity contribution >= 4 is 27.4 Å². The molecule has 1 amide bonds. The van der Waals surface area contributed by atoms with E-state index in [4.69, 9.17) is 9.47 Å². The minimum atomic E-state index is -3.55. The summed E-state index contributed by atoms with van der Waals surface area (Å²) in [6.45, 7) is 0. The first-order chi connectivity index (χ1) is 15.9. The van der Waals surface area contributed by atoms with Crippen molar-refractivity contribution in [1.29, 1.82) is 0 Å². The number of carbonyl (C=O) groups is 2. The van der Waals surface area contributed by atoms with Crippen LogP contribution in [0.1, 0.15) is 20.7 Å². The number of nitrogens with zero attached hydrogens (tertiary/aromatic N) is 1. The first-order valence-corrected chi connectivity index (χ1v) is 12.2. The summed E-state index contributed by atoms with van der Waals surface area (Å²) in [5, 5.41) is 0. The normalized spacial score (nSPS) is 18.9. The van der Waals surface area contributed by atoms with E-state index in [1.165, 1.54) is 12.0 Å². The largest absolute Gasteiger partial charge is 0.497 e. The van der Waals surface area contributed by atoms with E-state index in [9.17, 15) is 18.0 Å². The fourth-order valence-electron chi connectivity index (χ4n) is 3.85. The van der Waals surface area contributed by atoms with Gasteiger partial charge in [0.15, 0.2) is 9.84 Å². The van der Waals surface area contributed by atoms with Gasteiger partial charge in [-0.1, -0.05) is 36.4 Å². The van der Waals surface area contributed by atoms with Gasteiger partial charge in [-0.05, 0) is 48.5 Å². The number of ether oxygens (including phenoxy) is 2. The van der Waals surface area contributed by atoms with E-state index in [0.29, 0.717) is 22.6 Å².